The van der Waals surface area contributed by atoms with Gasteiger partial charge in [0.1, 0.15) is 5.76 Å². The monoisotopic (exact) mass is 275 g/mol. The minimum absolute atomic E-state index is 0.578. The van der Waals surface area contributed by atoms with Crippen molar-refractivity contribution in [3.63, 3.8) is 0 Å². The van der Waals surface area contributed by atoms with E-state index in [4.69, 9.17) is 16.6 Å². The summed E-state index contributed by atoms with van der Waals surface area (Å²) in [6.45, 7) is 0.578. The average Bonchev–Trinajstić information content (AvgIpc) is 2.90. The topological polar surface area (TPSA) is 40.4 Å². The Hall–Kier alpha value is -2.01. The van der Waals surface area contributed by atoms with Gasteiger partial charge in [-0.1, -0.05) is 0 Å². The van der Waals surface area contributed by atoms with Crippen molar-refractivity contribution in [3.8, 4) is 0 Å². The molecular formula is C14H17N3OS. The van der Waals surface area contributed by atoms with Crippen molar-refractivity contribution in [3.05, 3.63) is 48.4 Å². The molecule has 0 aliphatic carbocycles. The summed E-state index contributed by atoms with van der Waals surface area (Å²) in [6, 6.07) is 11.8. The van der Waals surface area contributed by atoms with E-state index in [9.17, 15) is 0 Å². The van der Waals surface area contributed by atoms with Crippen LogP contribution in [-0.4, -0.2) is 19.2 Å². The number of anilines is 2. The number of hydrogen-bond acceptors (Lipinski definition) is 3. The van der Waals surface area contributed by atoms with Crippen LogP contribution in [0, 0.1) is 0 Å². The molecule has 1 heterocycles. The summed E-state index contributed by atoms with van der Waals surface area (Å²) in [7, 11) is 4.02. The van der Waals surface area contributed by atoms with Gasteiger partial charge in [-0.2, -0.15) is 0 Å². The molecule has 0 saturated carbocycles. The minimum atomic E-state index is 0.578. The summed E-state index contributed by atoms with van der Waals surface area (Å²) in [5.41, 5.74) is 2.11. The van der Waals surface area contributed by atoms with Gasteiger partial charge < -0.3 is 20.0 Å². The zero-order valence-corrected chi connectivity index (χ0v) is 11.8. The standard InChI is InChI=1S/C14H17N3OS/c1-17(2)12-7-5-11(6-8-12)16-14(19)15-10-13-4-3-9-18-13/h3-9H,10H2,1-2H3,(H2,15,16,19). The van der Waals surface area contributed by atoms with Crippen LogP contribution in [0.1, 0.15) is 5.76 Å². The Morgan fingerprint density at radius 2 is 1.95 bits per heavy atom. The number of nitrogens with zero attached hydrogens (tertiary/aromatic N) is 1. The highest BCUT2D eigenvalue weighted by molar-refractivity contribution is 7.80. The van der Waals surface area contributed by atoms with E-state index in [0.717, 1.165) is 17.1 Å². The van der Waals surface area contributed by atoms with Gasteiger partial charge in [-0.25, -0.2) is 0 Å². The van der Waals surface area contributed by atoms with Crippen molar-refractivity contribution < 1.29 is 4.42 Å². The third-order valence-corrected chi connectivity index (χ3v) is 2.89. The van der Waals surface area contributed by atoms with Crippen molar-refractivity contribution in [2.45, 2.75) is 6.54 Å². The molecule has 1 aromatic heterocycles. The molecule has 0 saturated heterocycles. The van der Waals surface area contributed by atoms with Crippen LogP contribution in [0.4, 0.5) is 11.4 Å². The van der Waals surface area contributed by atoms with Crippen LogP contribution in [0.3, 0.4) is 0 Å². The maximum Gasteiger partial charge on any atom is 0.171 e. The maximum absolute atomic E-state index is 5.22. The molecular weight excluding hydrogens is 258 g/mol. The second-order valence-electron chi connectivity index (χ2n) is 4.33. The number of hydrogen-bond donors (Lipinski definition) is 2. The van der Waals surface area contributed by atoms with E-state index in [0.29, 0.717) is 11.7 Å². The van der Waals surface area contributed by atoms with Crippen LogP contribution in [-0.2, 0) is 6.54 Å². The average molecular weight is 275 g/mol. The van der Waals surface area contributed by atoms with Gasteiger partial charge in [0.2, 0.25) is 0 Å². The van der Waals surface area contributed by atoms with Crippen LogP contribution in [0.15, 0.2) is 47.1 Å². The van der Waals surface area contributed by atoms with Gasteiger partial charge in [-0.3, -0.25) is 0 Å². The molecule has 0 aliphatic heterocycles. The van der Waals surface area contributed by atoms with E-state index in [-0.39, 0.29) is 0 Å². The van der Waals surface area contributed by atoms with Crippen molar-refractivity contribution in [1.29, 1.82) is 0 Å². The SMILES string of the molecule is CN(C)c1ccc(NC(=S)NCc2ccco2)cc1. The highest BCUT2D eigenvalue weighted by Gasteiger charge is 2.00. The van der Waals surface area contributed by atoms with Gasteiger partial charge >= 0.3 is 0 Å². The van der Waals surface area contributed by atoms with Gasteiger partial charge in [-0.05, 0) is 48.6 Å². The lowest BCUT2D eigenvalue weighted by Gasteiger charge is -2.14. The number of rotatable bonds is 4. The Morgan fingerprint density at radius 3 is 2.53 bits per heavy atom. The fraction of sp³-hybridized carbons (Fsp3) is 0.214. The molecule has 2 rings (SSSR count). The molecule has 100 valence electrons. The molecule has 4 nitrogen and oxygen atoms in total. The Kier molecular flexibility index (Phi) is 4.41. The van der Waals surface area contributed by atoms with E-state index >= 15 is 0 Å². The third-order valence-electron chi connectivity index (χ3n) is 2.64. The second-order valence-corrected chi connectivity index (χ2v) is 4.74. The summed E-state index contributed by atoms with van der Waals surface area (Å²) in [5.74, 6) is 0.854. The largest absolute Gasteiger partial charge is 0.467 e. The van der Waals surface area contributed by atoms with Gasteiger partial charge in [0.25, 0.3) is 0 Å². The van der Waals surface area contributed by atoms with Crippen molar-refractivity contribution in [2.75, 3.05) is 24.3 Å². The molecule has 0 radical (unpaired) electrons. The van der Waals surface area contributed by atoms with Crippen LogP contribution >= 0.6 is 12.2 Å². The van der Waals surface area contributed by atoms with E-state index < -0.39 is 0 Å². The first kappa shape index (κ1) is 13.4. The molecule has 0 bridgehead atoms. The Morgan fingerprint density at radius 1 is 1.21 bits per heavy atom. The van der Waals surface area contributed by atoms with Gasteiger partial charge in [0.05, 0.1) is 12.8 Å². The minimum Gasteiger partial charge on any atom is -0.467 e. The smallest absolute Gasteiger partial charge is 0.171 e. The van der Waals surface area contributed by atoms with E-state index in [1.807, 2.05) is 50.5 Å². The molecule has 0 fully saturated rings. The normalized spacial score (nSPS) is 10.0. The molecule has 1 aromatic carbocycles. The predicted octanol–water partition coefficient (Wildman–Crippen LogP) is 2.83. The first-order valence-corrected chi connectivity index (χ1v) is 6.40. The zero-order chi connectivity index (χ0) is 13.7. The number of benzene rings is 1. The molecule has 2 aromatic rings. The highest BCUT2D eigenvalue weighted by Crippen LogP contribution is 2.15. The highest BCUT2D eigenvalue weighted by atomic mass is 32.1. The second kappa shape index (κ2) is 6.24. The fourth-order valence-corrected chi connectivity index (χ4v) is 1.79. The van der Waals surface area contributed by atoms with Crippen molar-refractivity contribution in [1.82, 2.24) is 5.32 Å². The van der Waals surface area contributed by atoms with Gasteiger partial charge in [-0.15, -0.1) is 0 Å². The quantitative estimate of drug-likeness (QED) is 0.840. The summed E-state index contributed by atoms with van der Waals surface area (Å²) in [6.07, 6.45) is 1.65. The lowest BCUT2D eigenvalue weighted by molar-refractivity contribution is 0.503. The number of furan rings is 1. The summed E-state index contributed by atoms with van der Waals surface area (Å²) < 4.78 is 5.22. The van der Waals surface area contributed by atoms with Crippen LogP contribution in [0.2, 0.25) is 0 Å². The Labute approximate surface area is 118 Å². The molecule has 0 amide bonds. The van der Waals surface area contributed by atoms with Gasteiger partial charge in [0, 0.05) is 25.5 Å². The molecule has 0 spiro atoms. The van der Waals surface area contributed by atoms with Crippen molar-refractivity contribution in [2.24, 2.45) is 0 Å². The molecule has 0 aliphatic rings. The molecule has 0 atom stereocenters. The number of thiocarbonyl (C=S) groups is 1. The Balaban J connectivity index is 1.84. The summed E-state index contributed by atoms with van der Waals surface area (Å²) >= 11 is 5.22. The molecule has 5 heteroatoms. The molecule has 0 unspecified atom stereocenters. The van der Waals surface area contributed by atoms with Crippen molar-refractivity contribution >= 4 is 28.7 Å². The number of nitrogens with one attached hydrogen (secondary N) is 2. The molecule has 2 N–H and O–H groups in total. The third kappa shape index (κ3) is 3.99. The first-order chi connectivity index (χ1) is 9.15. The lowest BCUT2D eigenvalue weighted by atomic mass is 10.2. The van der Waals surface area contributed by atoms with Crippen LogP contribution < -0.4 is 15.5 Å². The summed E-state index contributed by atoms with van der Waals surface area (Å²) in [4.78, 5) is 2.05. The van der Waals surface area contributed by atoms with E-state index in [1.54, 1.807) is 6.26 Å². The fourth-order valence-electron chi connectivity index (χ4n) is 1.60. The van der Waals surface area contributed by atoms with Crippen LogP contribution in [0.5, 0.6) is 0 Å². The van der Waals surface area contributed by atoms with Gasteiger partial charge in [0.15, 0.2) is 5.11 Å². The predicted molar refractivity (Wildman–Crippen MR) is 82.5 cm³/mol. The van der Waals surface area contributed by atoms with E-state index in [1.165, 1.54) is 0 Å². The zero-order valence-electron chi connectivity index (χ0n) is 11.0. The summed E-state index contributed by atoms with van der Waals surface area (Å²) in [5, 5.41) is 6.80. The lowest BCUT2D eigenvalue weighted by Crippen LogP contribution is -2.27. The van der Waals surface area contributed by atoms with Crippen LogP contribution in [0.25, 0.3) is 0 Å². The molecule has 19 heavy (non-hydrogen) atoms. The van der Waals surface area contributed by atoms with E-state index in [2.05, 4.69) is 15.5 Å². The maximum atomic E-state index is 5.22. The Bertz CT molecular complexity index is 520. The first-order valence-electron chi connectivity index (χ1n) is 6.00.